The second kappa shape index (κ2) is 10.3. The molecule has 0 atom stereocenters. The third-order valence-corrected chi connectivity index (χ3v) is 7.50. The fraction of sp³-hybridized carbons (Fsp3) is 0.526. The van der Waals surface area contributed by atoms with Crippen molar-refractivity contribution in [3.8, 4) is 5.75 Å². The second-order valence-electron chi connectivity index (χ2n) is 6.79. The number of carbonyl (C=O) groups is 1. The molecule has 2 aromatic rings. The van der Waals surface area contributed by atoms with Crippen molar-refractivity contribution in [2.45, 2.75) is 37.5 Å². The van der Waals surface area contributed by atoms with E-state index in [0.717, 1.165) is 30.7 Å². The first-order valence-corrected chi connectivity index (χ1v) is 12.1. The van der Waals surface area contributed by atoms with Crippen LogP contribution in [0.4, 0.5) is 5.13 Å². The molecule has 1 aliphatic heterocycles. The number of hydrogen-bond acceptors (Lipinski definition) is 8. The number of morpholine rings is 1. The Morgan fingerprint density at radius 3 is 2.73 bits per heavy atom. The van der Waals surface area contributed by atoms with Crippen molar-refractivity contribution in [3.05, 3.63) is 28.8 Å². The Hall–Kier alpha value is -2.08. The van der Waals surface area contributed by atoms with Crippen LogP contribution in [0.15, 0.2) is 23.1 Å². The number of ether oxygens (including phenoxy) is 2. The molecule has 1 amide bonds. The highest BCUT2D eigenvalue weighted by Crippen LogP contribution is 2.27. The van der Waals surface area contributed by atoms with Gasteiger partial charge in [0, 0.05) is 19.5 Å². The van der Waals surface area contributed by atoms with Gasteiger partial charge in [-0.15, -0.1) is 10.2 Å². The number of unbranched alkanes of at least 4 members (excludes halogenated alkanes) is 2. The predicted molar refractivity (Wildman–Crippen MR) is 114 cm³/mol. The van der Waals surface area contributed by atoms with E-state index < -0.39 is 15.9 Å². The Balaban J connectivity index is 1.79. The van der Waals surface area contributed by atoms with Crippen LogP contribution < -0.4 is 10.1 Å². The fourth-order valence-electron chi connectivity index (χ4n) is 3.06. The molecular weight excluding hydrogens is 428 g/mol. The third kappa shape index (κ3) is 5.34. The van der Waals surface area contributed by atoms with Gasteiger partial charge in [0.15, 0.2) is 0 Å². The predicted octanol–water partition coefficient (Wildman–Crippen LogP) is 2.55. The van der Waals surface area contributed by atoms with Crippen LogP contribution in [-0.4, -0.2) is 62.2 Å². The van der Waals surface area contributed by atoms with Gasteiger partial charge in [-0.25, -0.2) is 8.42 Å². The molecule has 1 aromatic heterocycles. The van der Waals surface area contributed by atoms with Gasteiger partial charge < -0.3 is 9.47 Å². The number of benzene rings is 1. The Bertz CT molecular complexity index is 971. The first kappa shape index (κ1) is 22.6. The maximum absolute atomic E-state index is 12.9. The highest BCUT2D eigenvalue weighted by molar-refractivity contribution is 7.89. The number of carbonyl (C=O) groups excluding carboxylic acids is 1. The van der Waals surface area contributed by atoms with Crippen molar-refractivity contribution < 1.29 is 22.7 Å². The summed E-state index contributed by atoms with van der Waals surface area (Å²) in [5.74, 6) is -0.219. The van der Waals surface area contributed by atoms with Crippen LogP contribution in [-0.2, 0) is 21.2 Å². The molecule has 3 rings (SSSR count). The van der Waals surface area contributed by atoms with Gasteiger partial charge in [0.05, 0.1) is 30.8 Å². The number of nitrogens with zero attached hydrogens (tertiary/aromatic N) is 3. The lowest BCUT2D eigenvalue weighted by atomic mass is 10.2. The van der Waals surface area contributed by atoms with E-state index in [1.807, 2.05) is 0 Å². The van der Waals surface area contributed by atoms with Crippen LogP contribution in [0.2, 0.25) is 0 Å². The van der Waals surface area contributed by atoms with Gasteiger partial charge in [-0.2, -0.15) is 4.31 Å². The number of anilines is 1. The normalized spacial score (nSPS) is 15.1. The molecular formula is C19H26N4O5S2. The van der Waals surface area contributed by atoms with Gasteiger partial charge in [-0.3, -0.25) is 10.1 Å². The first-order valence-electron chi connectivity index (χ1n) is 9.85. The first-order chi connectivity index (χ1) is 14.5. The molecule has 1 N–H and O–H groups in total. The minimum absolute atomic E-state index is 0.0351. The maximum Gasteiger partial charge on any atom is 0.261 e. The van der Waals surface area contributed by atoms with E-state index in [1.165, 1.54) is 41.0 Å². The molecule has 1 aliphatic rings. The number of aromatic nitrogens is 2. The minimum Gasteiger partial charge on any atom is -0.496 e. The maximum atomic E-state index is 12.9. The van der Waals surface area contributed by atoms with Gasteiger partial charge in [0.25, 0.3) is 5.91 Å². The zero-order valence-electron chi connectivity index (χ0n) is 17.1. The fourth-order valence-corrected chi connectivity index (χ4v) is 5.27. The summed E-state index contributed by atoms with van der Waals surface area (Å²) in [6.07, 6.45) is 4.07. The molecule has 11 heteroatoms. The van der Waals surface area contributed by atoms with Crippen LogP contribution in [0.25, 0.3) is 0 Å². The zero-order chi connectivity index (χ0) is 21.6. The number of rotatable bonds is 9. The second-order valence-corrected chi connectivity index (χ2v) is 9.79. The van der Waals surface area contributed by atoms with Crippen LogP contribution in [0.1, 0.15) is 41.6 Å². The molecule has 164 valence electrons. The molecule has 0 bridgehead atoms. The number of aryl methyl sites for hydroxylation is 1. The van der Waals surface area contributed by atoms with Crippen molar-refractivity contribution in [1.82, 2.24) is 14.5 Å². The van der Waals surface area contributed by atoms with Crippen LogP contribution in [0.3, 0.4) is 0 Å². The van der Waals surface area contributed by atoms with E-state index in [4.69, 9.17) is 9.47 Å². The standard InChI is InChI=1S/C19H26N4O5S2/c1-3-4-5-6-17-21-22-19(29-17)20-18(24)15-13-14(7-8-16(15)27-2)30(25,26)23-9-11-28-12-10-23/h7-8,13H,3-6,9-12H2,1-2H3,(H,20,22,24). The molecule has 0 saturated carbocycles. The topological polar surface area (TPSA) is 111 Å². The van der Waals surface area contributed by atoms with Gasteiger partial charge in [0.1, 0.15) is 10.8 Å². The lowest BCUT2D eigenvalue weighted by molar-refractivity contribution is 0.0730. The molecule has 2 heterocycles. The summed E-state index contributed by atoms with van der Waals surface area (Å²) >= 11 is 1.32. The third-order valence-electron chi connectivity index (χ3n) is 4.70. The monoisotopic (exact) mass is 454 g/mol. The van der Waals surface area contributed by atoms with E-state index in [-0.39, 0.29) is 29.3 Å². The molecule has 30 heavy (non-hydrogen) atoms. The number of methoxy groups -OCH3 is 1. The average molecular weight is 455 g/mol. The smallest absolute Gasteiger partial charge is 0.261 e. The van der Waals surface area contributed by atoms with Crippen molar-refractivity contribution >= 4 is 32.4 Å². The molecule has 1 fully saturated rings. The van der Waals surface area contributed by atoms with Crippen LogP contribution in [0.5, 0.6) is 5.75 Å². The molecule has 1 saturated heterocycles. The molecule has 0 radical (unpaired) electrons. The molecule has 0 unspecified atom stereocenters. The summed E-state index contributed by atoms with van der Waals surface area (Å²) in [6.45, 7) is 3.39. The van der Waals surface area contributed by atoms with E-state index in [2.05, 4.69) is 22.4 Å². The van der Waals surface area contributed by atoms with Gasteiger partial charge in [-0.1, -0.05) is 31.1 Å². The number of amides is 1. The van der Waals surface area contributed by atoms with E-state index >= 15 is 0 Å². The SMILES string of the molecule is CCCCCc1nnc(NC(=O)c2cc(S(=O)(=O)N3CCOCC3)ccc2OC)s1. The highest BCUT2D eigenvalue weighted by Gasteiger charge is 2.28. The van der Waals surface area contributed by atoms with Crippen LogP contribution in [0, 0.1) is 0 Å². The molecule has 0 aliphatic carbocycles. The zero-order valence-corrected chi connectivity index (χ0v) is 18.7. The van der Waals surface area contributed by atoms with E-state index in [0.29, 0.717) is 18.3 Å². The summed E-state index contributed by atoms with van der Waals surface area (Å²) < 4.78 is 37.7. The number of nitrogens with one attached hydrogen (secondary N) is 1. The van der Waals surface area contributed by atoms with Crippen molar-refractivity contribution in [2.24, 2.45) is 0 Å². The van der Waals surface area contributed by atoms with Crippen molar-refractivity contribution in [3.63, 3.8) is 0 Å². The summed E-state index contributed by atoms with van der Waals surface area (Å²) in [6, 6.07) is 4.26. The van der Waals surface area contributed by atoms with Crippen molar-refractivity contribution in [1.29, 1.82) is 0 Å². The molecule has 9 nitrogen and oxygen atoms in total. The van der Waals surface area contributed by atoms with Gasteiger partial charge in [0.2, 0.25) is 15.2 Å². The number of hydrogen-bond donors (Lipinski definition) is 1. The Morgan fingerprint density at radius 1 is 1.27 bits per heavy atom. The largest absolute Gasteiger partial charge is 0.496 e. The summed E-state index contributed by atoms with van der Waals surface area (Å²) in [4.78, 5) is 12.9. The Labute approximate surface area is 180 Å². The molecule has 1 aromatic carbocycles. The summed E-state index contributed by atoms with van der Waals surface area (Å²) in [7, 11) is -2.30. The lowest BCUT2D eigenvalue weighted by Gasteiger charge is -2.26. The van der Waals surface area contributed by atoms with Crippen molar-refractivity contribution in [2.75, 3.05) is 38.7 Å². The summed E-state index contributed by atoms with van der Waals surface area (Å²) in [5.41, 5.74) is 0.120. The average Bonchev–Trinajstić information content (AvgIpc) is 3.21. The van der Waals surface area contributed by atoms with Gasteiger partial charge >= 0.3 is 0 Å². The van der Waals surface area contributed by atoms with E-state index in [1.54, 1.807) is 0 Å². The Morgan fingerprint density at radius 2 is 2.03 bits per heavy atom. The summed E-state index contributed by atoms with van der Waals surface area (Å²) in [5, 5.41) is 12.0. The number of sulfonamides is 1. The minimum atomic E-state index is -3.73. The lowest BCUT2D eigenvalue weighted by Crippen LogP contribution is -2.40. The van der Waals surface area contributed by atoms with E-state index in [9.17, 15) is 13.2 Å². The van der Waals surface area contributed by atoms with Crippen LogP contribution >= 0.6 is 11.3 Å². The van der Waals surface area contributed by atoms with Gasteiger partial charge in [-0.05, 0) is 24.6 Å². The Kier molecular flexibility index (Phi) is 7.75. The quantitative estimate of drug-likeness (QED) is 0.580. The molecule has 0 spiro atoms. The highest BCUT2D eigenvalue weighted by atomic mass is 32.2.